The number of amides is 2. The second-order valence-corrected chi connectivity index (χ2v) is 3.83. The molecule has 0 radical (unpaired) electrons. The minimum absolute atomic E-state index is 0.331. The number of carbonyl (C=O) groups excluding carboxylic acids is 2. The van der Waals surface area contributed by atoms with E-state index >= 15 is 0 Å². The van der Waals surface area contributed by atoms with Crippen LogP contribution in [0.15, 0.2) is 30.3 Å². The van der Waals surface area contributed by atoms with Gasteiger partial charge in [-0.1, -0.05) is 37.3 Å². The molecule has 17 heavy (non-hydrogen) atoms. The van der Waals surface area contributed by atoms with E-state index in [9.17, 15) is 9.59 Å². The Morgan fingerprint density at radius 2 is 1.88 bits per heavy atom. The van der Waals surface area contributed by atoms with Crippen LogP contribution in [0.25, 0.3) is 0 Å². The quantitative estimate of drug-likeness (QED) is 0.303. The Labute approximate surface area is 100 Å². The van der Waals surface area contributed by atoms with Crippen LogP contribution in [0.5, 0.6) is 0 Å². The number of hydrogen-bond acceptors (Lipinski definition) is 3. The smallest absolute Gasteiger partial charge is 0.323 e. The fourth-order valence-electron chi connectivity index (χ4n) is 1.50. The standard InChI is InChI=1S/C12H17N3O2/c1-9(10-5-3-2-4-6-10)7-8-14-11(16)12(17)15-13/h2-6,9H,7-8,13H2,1H3,(H,14,16)(H,15,17). The number of rotatable bonds is 4. The van der Waals surface area contributed by atoms with Crippen LogP contribution in [0.1, 0.15) is 24.8 Å². The molecule has 1 rings (SSSR count). The number of nitrogens with one attached hydrogen (secondary N) is 2. The maximum Gasteiger partial charge on any atom is 0.323 e. The van der Waals surface area contributed by atoms with Crippen molar-refractivity contribution < 1.29 is 9.59 Å². The molecule has 0 spiro atoms. The predicted molar refractivity (Wildman–Crippen MR) is 64.8 cm³/mol. The third-order valence-electron chi connectivity index (χ3n) is 2.57. The Morgan fingerprint density at radius 1 is 1.24 bits per heavy atom. The fraction of sp³-hybridized carbons (Fsp3) is 0.333. The van der Waals surface area contributed by atoms with Crippen LogP contribution in [0.3, 0.4) is 0 Å². The van der Waals surface area contributed by atoms with Crippen LogP contribution in [-0.4, -0.2) is 18.4 Å². The molecule has 5 nitrogen and oxygen atoms in total. The summed E-state index contributed by atoms with van der Waals surface area (Å²) in [6.45, 7) is 2.52. The van der Waals surface area contributed by atoms with Gasteiger partial charge in [-0.3, -0.25) is 15.0 Å². The zero-order valence-electron chi connectivity index (χ0n) is 9.77. The van der Waals surface area contributed by atoms with E-state index in [0.717, 1.165) is 6.42 Å². The molecule has 1 unspecified atom stereocenters. The van der Waals surface area contributed by atoms with Gasteiger partial charge >= 0.3 is 11.8 Å². The van der Waals surface area contributed by atoms with Gasteiger partial charge in [-0.2, -0.15) is 0 Å². The molecule has 0 saturated carbocycles. The first kappa shape index (κ1) is 13.2. The molecule has 4 N–H and O–H groups in total. The summed E-state index contributed by atoms with van der Waals surface area (Å²) in [6.07, 6.45) is 0.771. The van der Waals surface area contributed by atoms with Gasteiger partial charge in [-0.25, -0.2) is 5.84 Å². The van der Waals surface area contributed by atoms with Crippen molar-refractivity contribution in [2.75, 3.05) is 6.54 Å². The van der Waals surface area contributed by atoms with Gasteiger partial charge in [0.25, 0.3) is 0 Å². The maximum absolute atomic E-state index is 11.1. The van der Waals surface area contributed by atoms with Crippen LogP contribution in [0.4, 0.5) is 0 Å². The van der Waals surface area contributed by atoms with Crippen molar-refractivity contribution in [3.63, 3.8) is 0 Å². The van der Waals surface area contributed by atoms with Gasteiger partial charge in [0.2, 0.25) is 0 Å². The molecule has 5 heteroatoms. The molecule has 92 valence electrons. The van der Waals surface area contributed by atoms with Gasteiger partial charge in [-0.05, 0) is 17.9 Å². The van der Waals surface area contributed by atoms with Gasteiger partial charge in [0, 0.05) is 6.54 Å². The van der Waals surface area contributed by atoms with Crippen molar-refractivity contribution in [3.05, 3.63) is 35.9 Å². The molecule has 0 saturated heterocycles. The van der Waals surface area contributed by atoms with Crippen molar-refractivity contribution in [3.8, 4) is 0 Å². The van der Waals surface area contributed by atoms with E-state index in [-0.39, 0.29) is 0 Å². The average molecular weight is 235 g/mol. The van der Waals surface area contributed by atoms with Crippen molar-refractivity contribution in [1.29, 1.82) is 0 Å². The fourth-order valence-corrected chi connectivity index (χ4v) is 1.50. The third kappa shape index (κ3) is 4.24. The summed E-state index contributed by atoms with van der Waals surface area (Å²) in [5.74, 6) is 3.64. The molecule has 0 fully saturated rings. The summed E-state index contributed by atoms with van der Waals surface area (Å²) in [6, 6.07) is 10.0. The van der Waals surface area contributed by atoms with E-state index < -0.39 is 11.8 Å². The summed E-state index contributed by atoms with van der Waals surface area (Å²) < 4.78 is 0. The lowest BCUT2D eigenvalue weighted by Gasteiger charge is -2.11. The molecule has 0 heterocycles. The second kappa shape index (κ2) is 6.65. The number of hydrazine groups is 1. The highest BCUT2D eigenvalue weighted by atomic mass is 16.2. The molecule has 1 atom stereocenters. The lowest BCUT2D eigenvalue weighted by Crippen LogP contribution is -2.43. The monoisotopic (exact) mass is 235 g/mol. The number of nitrogens with two attached hydrogens (primary N) is 1. The average Bonchev–Trinajstić information content (AvgIpc) is 2.38. The molecule has 0 aliphatic rings. The molecule has 0 aliphatic heterocycles. The first-order valence-electron chi connectivity index (χ1n) is 5.49. The lowest BCUT2D eigenvalue weighted by atomic mass is 9.98. The highest BCUT2D eigenvalue weighted by molar-refractivity contribution is 6.34. The Kier molecular flexibility index (Phi) is 5.16. The normalized spacial score (nSPS) is 11.6. The first-order chi connectivity index (χ1) is 8.15. The zero-order chi connectivity index (χ0) is 12.7. The van der Waals surface area contributed by atoms with Gasteiger partial charge < -0.3 is 5.32 Å². The largest absolute Gasteiger partial charge is 0.348 e. The van der Waals surface area contributed by atoms with Gasteiger partial charge in [0.05, 0.1) is 0 Å². The van der Waals surface area contributed by atoms with Crippen molar-refractivity contribution in [2.45, 2.75) is 19.3 Å². The van der Waals surface area contributed by atoms with Crippen LogP contribution in [0.2, 0.25) is 0 Å². The minimum atomic E-state index is -0.822. The molecule has 0 bridgehead atoms. The highest BCUT2D eigenvalue weighted by Crippen LogP contribution is 2.17. The SMILES string of the molecule is CC(CCNC(=O)C(=O)NN)c1ccccc1. The molecule has 0 aliphatic carbocycles. The molecule has 2 amide bonds. The van der Waals surface area contributed by atoms with Crippen molar-refractivity contribution in [2.24, 2.45) is 5.84 Å². The summed E-state index contributed by atoms with van der Waals surface area (Å²) in [5, 5.41) is 2.50. The molecule has 1 aromatic rings. The lowest BCUT2D eigenvalue weighted by molar-refractivity contribution is -0.139. The maximum atomic E-state index is 11.1. The molecule has 1 aromatic carbocycles. The number of benzene rings is 1. The predicted octanol–water partition coefficient (Wildman–Crippen LogP) is 0.286. The van der Waals surface area contributed by atoms with Crippen LogP contribution in [0, 0.1) is 0 Å². The van der Waals surface area contributed by atoms with Crippen LogP contribution >= 0.6 is 0 Å². The topological polar surface area (TPSA) is 84.2 Å². The minimum Gasteiger partial charge on any atom is -0.348 e. The molecular formula is C12H17N3O2. The summed E-state index contributed by atoms with van der Waals surface area (Å²) in [5.41, 5.74) is 3.00. The Morgan fingerprint density at radius 3 is 2.47 bits per heavy atom. The van der Waals surface area contributed by atoms with E-state index in [1.807, 2.05) is 30.3 Å². The van der Waals surface area contributed by atoms with E-state index in [4.69, 9.17) is 5.84 Å². The van der Waals surface area contributed by atoms with Gasteiger partial charge in [-0.15, -0.1) is 0 Å². The van der Waals surface area contributed by atoms with Gasteiger partial charge in [0.15, 0.2) is 0 Å². The Bertz CT molecular complexity index is 379. The van der Waals surface area contributed by atoms with Crippen molar-refractivity contribution in [1.82, 2.24) is 10.7 Å². The molecule has 0 aromatic heterocycles. The third-order valence-corrected chi connectivity index (χ3v) is 2.57. The van der Waals surface area contributed by atoms with E-state index in [1.165, 1.54) is 5.56 Å². The van der Waals surface area contributed by atoms with E-state index in [2.05, 4.69) is 12.2 Å². The van der Waals surface area contributed by atoms with E-state index in [1.54, 1.807) is 5.43 Å². The molecular weight excluding hydrogens is 218 g/mol. The second-order valence-electron chi connectivity index (χ2n) is 3.83. The summed E-state index contributed by atoms with van der Waals surface area (Å²) in [4.78, 5) is 21.9. The summed E-state index contributed by atoms with van der Waals surface area (Å²) in [7, 11) is 0. The van der Waals surface area contributed by atoms with Crippen molar-refractivity contribution >= 4 is 11.8 Å². The Balaban J connectivity index is 2.32. The number of hydrogen-bond donors (Lipinski definition) is 3. The Hall–Kier alpha value is -1.88. The summed E-state index contributed by atoms with van der Waals surface area (Å²) >= 11 is 0. The van der Waals surface area contributed by atoms with E-state index in [0.29, 0.717) is 12.5 Å². The first-order valence-corrected chi connectivity index (χ1v) is 5.49. The zero-order valence-corrected chi connectivity index (χ0v) is 9.77. The van der Waals surface area contributed by atoms with Crippen LogP contribution in [-0.2, 0) is 9.59 Å². The highest BCUT2D eigenvalue weighted by Gasteiger charge is 2.11. The van der Waals surface area contributed by atoms with Crippen LogP contribution < -0.4 is 16.6 Å². The van der Waals surface area contributed by atoms with Gasteiger partial charge in [0.1, 0.15) is 0 Å². The number of carbonyl (C=O) groups is 2.